The highest BCUT2D eigenvalue weighted by Crippen LogP contribution is 2.30. The van der Waals surface area contributed by atoms with E-state index in [4.69, 9.17) is 0 Å². The summed E-state index contributed by atoms with van der Waals surface area (Å²) in [5.41, 5.74) is -0.747. The minimum absolute atomic E-state index is 0.168. The Morgan fingerprint density at radius 1 is 1.26 bits per heavy atom. The van der Waals surface area contributed by atoms with Gasteiger partial charge >= 0.3 is 6.18 Å². The van der Waals surface area contributed by atoms with Crippen LogP contribution < -0.4 is 4.90 Å². The van der Waals surface area contributed by atoms with Crippen LogP contribution in [0.3, 0.4) is 0 Å². The molecule has 6 heteroatoms. The van der Waals surface area contributed by atoms with Crippen LogP contribution >= 0.6 is 0 Å². The summed E-state index contributed by atoms with van der Waals surface area (Å²) in [5.74, 6) is 0.761. The van der Waals surface area contributed by atoms with Gasteiger partial charge in [0.15, 0.2) is 0 Å². The Bertz CT molecular complexity index is 446. The lowest BCUT2D eigenvalue weighted by atomic mass is 9.93. The van der Waals surface area contributed by atoms with E-state index >= 15 is 0 Å². The molecule has 1 heterocycles. The molecule has 1 aliphatic carbocycles. The largest absolute Gasteiger partial charge is 0.417 e. The molecule has 1 fully saturated rings. The van der Waals surface area contributed by atoms with Crippen LogP contribution in [0.5, 0.6) is 0 Å². The van der Waals surface area contributed by atoms with E-state index in [0.29, 0.717) is 18.7 Å². The number of nitrogens with zero attached hydrogens (tertiary/aromatic N) is 2. The Morgan fingerprint density at radius 2 is 1.89 bits per heavy atom. The smallest absolute Gasteiger partial charge is 0.357 e. The van der Waals surface area contributed by atoms with Crippen LogP contribution in [0.2, 0.25) is 0 Å². The van der Waals surface area contributed by atoms with Crippen LogP contribution in [0.25, 0.3) is 0 Å². The number of hydrogen-bond donors (Lipinski definition) is 0. The van der Waals surface area contributed by atoms with Crippen molar-refractivity contribution < 1.29 is 18.0 Å². The maximum atomic E-state index is 12.4. The van der Waals surface area contributed by atoms with Crippen molar-refractivity contribution in [3.8, 4) is 0 Å². The Morgan fingerprint density at radius 3 is 2.37 bits per heavy atom. The molecule has 0 unspecified atom stereocenters. The van der Waals surface area contributed by atoms with Crippen molar-refractivity contribution in [3.63, 3.8) is 0 Å². The van der Waals surface area contributed by atoms with Gasteiger partial charge < -0.3 is 4.90 Å². The molecule has 19 heavy (non-hydrogen) atoms. The monoisotopic (exact) mass is 272 g/mol. The first-order chi connectivity index (χ1) is 8.88. The molecule has 1 aliphatic rings. The summed E-state index contributed by atoms with van der Waals surface area (Å²) in [4.78, 5) is 16.9. The van der Waals surface area contributed by atoms with Crippen LogP contribution in [-0.2, 0) is 11.0 Å². The number of ketones is 1. The lowest BCUT2D eigenvalue weighted by molar-refractivity contribution is -0.137. The lowest BCUT2D eigenvalue weighted by Gasteiger charge is -2.31. The maximum Gasteiger partial charge on any atom is 0.417 e. The van der Waals surface area contributed by atoms with Crippen molar-refractivity contribution >= 4 is 11.6 Å². The normalized spacial score (nSPS) is 17.6. The zero-order chi connectivity index (χ0) is 14.0. The van der Waals surface area contributed by atoms with Gasteiger partial charge in [-0.05, 0) is 25.0 Å². The van der Waals surface area contributed by atoms with E-state index in [1.165, 1.54) is 6.07 Å². The summed E-state index contributed by atoms with van der Waals surface area (Å²) >= 11 is 0. The molecule has 0 spiro atoms. The van der Waals surface area contributed by atoms with Crippen molar-refractivity contribution in [1.29, 1.82) is 0 Å². The molecule has 0 saturated heterocycles. The molecule has 1 aromatic rings. The van der Waals surface area contributed by atoms with E-state index in [9.17, 15) is 18.0 Å². The second-order valence-corrected chi connectivity index (χ2v) is 4.78. The lowest BCUT2D eigenvalue weighted by Crippen LogP contribution is -2.35. The molecule has 0 aliphatic heterocycles. The first-order valence-corrected chi connectivity index (χ1v) is 6.15. The zero-order valence-electron chi connectivity index (χ0n) is 10.6. The molecule has 1 saturated carbocycles. The van der Waals surface area contributed by atoms with Crippen molar-refractivity contribution in [1.82, 2.24) is 4.98 Å². The predicted octanol–water partition coefficient (Wildman–Crippen LogP) is 3.05. The minimum Gasteiger partial charge on any atom is -0.357 e. The number of alkyl halides is 3. The fourth-order valence-electron chi connectivity index (χ4n) is 2.26. The molecular formula is C13H15F3N2O. The van der Waals surface area contributed by atoms with Crippen LogP contribution in [0.4, 0.5) is 19.0 Å². The van der Waals surface area contributed by atoms with Crippen LogP contribution in [0.1, 0.15) is 31.2 Å². The van der Waals surface area contributed by atoms with Gasteiger partial charge in [0.1, 0.15) is 11.6 Å². The van der Waals surface area contributed by atoms with E-state index in [2.05, 4.69) is 4.98 Å². The standard InChI is InChI=1S/C13H15F3N2O/c1-18(10-3-5-11(19)6-4-10)12-7-2-9(8-17-12)13(14,15)16/h2,7-8,10H,3-6H2,1H3. The molecule has 0 amide bonds. The summed E-state index contributed by atoms with van der Waals surface area (Å²) in [7, 11) is 1.80. The molecule has 104 valence electrons. The van der Waals surface area contributed by atoms with E-state index in [1.807, 2.05) is 4.90 Å². The SMILES string of the molecule is CN(c1ccc(C(F)(F)F)cn1)C1CCC(=O)CC1. The molecule has 3 nitrogen and oxygen atoms in total. The third-order valence-corrected chi connectivity index (χ3v) is 3.50. The molecule has 1 aromatic heterocycles. The number of anilines is 1. The Kier molecular flexibility index (Phi) is 3.78. The Hall–Kier alpha value is -1.59. The van der Waals surface area contributed by atoms with Gasteiger partial charge in [-0.25, -0.2) is 4.98 Å². The molecule has 0 radical (unpaired) electrons. The highest BCUT2D eigenvalue weighted by atomic mass is 19.4. The summed E-state index contributed by atoms with van der Waals surface area (Å²) < 4.78 is 37.3. The van der Waals surface area contributed by atoms with Crippen LogP contribution in [-0.4, -0.2) is 23.9 Å². The average molecular weight is 272 g/mol. The fourth-order valence-corrected chi connectivity index (χ4v) is 2.26. The Balaban J connectivity index is 2.07. The minimum atomic E-state index is -4.36. The molecule has 0 N–H and O–H groups in total. The number of Topliss-reactive ketones (excluding diaryl/α,β-unsaturated/α-hetero) is 1. The first kappa shape index (κ1) is 13.8. The highest BCUT2D eigenvalue weighted by Gasteiger charge is 2.31. The van der Waals surface area contributed by atoms with Gasteiger partial charge in [0.05, 0.1) is 5.56 Å². The van der Waals surface area contributed by atoms with Gasteiger partial charge in [-0.15, -0.1) is 0 Å². The van der Waals surface area contributed by atoms with Gasteiger partial charge in [0.2, 0.25) is 0 Å². The number of hydrogen-bond acceptors (Lipinski definition) is 3. The molecule has 0 aromatic carbocycles. The summed E-state index contributed by atoms with van der Waals surface area (Å²) in [6.07, 6.45) is -0.970. The number of aromatic nitrogens is 1. The van der Waals surface area contributed by atoms with Crippen LogP contribution in [0, 0.1) is 0 Å². The van der Waals surface area contributed by atoms with Crippen molar-refractivity contribution in [2.24, 2.45) is 0 Å². The van der Waals surface area contributed by atoms with Gasteiger partial charge in [0, 0.05) is 32.1 Å². The molecule has 2 rings (SSSR count). The van der Waals surface area contributed by atoms with Crippen molar-refractivity contribution in [3.05, 3.63) is 23.9 Å². The van der Waals surface area contributed by atoms with Crippen molar-refractivity contribution in [2.75, 3.05) is 11.9 Å². The van der Waals surface area contributed by atoms with Crippen molar-refractivity contribution in [2.45, 2.75) is 37.9 Å². The quantitative estimate of drug-likeness (QED) is 0.829. The average Bonchev–Trinajstić information content (AvgIpc) is 2.38. The second-order valence-electron chi connectivity index (χ2n) is 4.78. The van der Waals surface area contributed by atoms with Gasteiger partial charge in [-0.2, -0.15) is 13.2 Å². The molecule has 0 bridgehead atoms. The number of pyridine rings is 1. The second kappa shape index (κ2) is 5.19. The molecule has 0 atom stereocenters. The van der Waals surface area contributed by atoms with Gasteiger partial charge in [0.25, 0.3) is 0 Å². The predicted molar refractivity (Wildman–Crippen MR) is 64.9 cm³/mol. The fraction of sp³-hybridized carbons (Fsp3) is 0.538. The number of rotatable bonds is 2. The van der Waals surface area contributed by atoms with E-state index in [1.54, 1.807) is 7.05 Å². The summed E-state index contributed by atoms with van der Waals surface area (Å²) in [6, 6.07) is 2.58. The van der Waals surface area contributed by atoms with E-state index in [-0.39, 0.29) is 11.8 Å². The third-order valence-electron chi connectivity index (χ3n) is 3.50. The highest BCUT2D eigenvalue weighted by molar-refractivity contribution is 5.79. The van der Waals surface area contributed by atoms with Gasteiger partial charge in [-0.1, -0.05) is 0 Å². The maximum absolute atomic E-state index is 12.4. The van der Waals surface area contributed by atoms with Crippen LogP contribution in [0.15, 0.2) is 18.3 Å². The topological polar surface area (TPSA) is 33.2 Å². The van der Waals surface area contributed by atoms with Gasteiger partial charge in [-0.3, -0.25) is 4.79 Å². The zero-order valence-corrected chi connectivity index (χ0v) is 10.6. The summed E-state index contributed by atoms with van der Waals surface area (Å²) in [6.45, 7) is 0. The third kappa shape index (κ3) is 3.24. The first-order valence-electron chi connectivity index (χ1n) is 6.15. The Labute approximate surface area is 109 Å². The number of carbonyl (C=O) groups is 1. The summed E-state index contributed by atoms with van der Waals surface area (Å²) in [5, 5.41) is 0. The van der Waals surface area contributed by atoms with E-state index in [0.717, 1.165) is 25.1 Å². The molecular weight excluding hydrogens is 257 g/mol. The van der Waals surface area contributed by atoms with E-state index < -0.39 is 11.7 Å². The number of halogens is 3. The number of carbonyl (C=O) groups excluding carboxylic acids is 1.